The first-order chi connectivity index (χ1) is 7.85. The second-order valence-electron chi connectivity index (χ2n) is 3.70. The molecule has 0 aliphatic heterocycles. The van der Waals surface area contributed by atoms with Crippen LogP contribution in [0.2, 0.25) is 0 Å². The van der Waals surface area contributed by atoms with Crippen molar-refractivity contribution in [2.45, 2.75) is 19.4 Å². The van der Waals surface area contributed by atoms with Crippen molar-refractivity contribution in [1.29, 1.82) is 0 Å². The summed E-state index contributed by atoms with van der Waals surface area (Å²) >= 11 is 3.64. The average Bonchev–Trinajstić information content (AvgIpc) is 2.77. The van der Waals surface area contributed by atoms with E-state index in [1.807, 2.05) is 18.0 Å². The third-order valence-electron chi connectivity index (χ3n) is 2.58. The number of aromatic nitrogens is 1. The van der Waals surface area contributed by atoms with Gasteiger partial charge in [0.1, 0.15) is 5.82 Å². The van der Waals surface area contributed by atoms with Crippen molar-refractivity contribution in [1.82, 2.24) is 4.98 Å². The summed E-state index contributed by atoms with van der Waals surface area (Å²) in [6, 6.07) is 4.72. The van der Waals surface area contributed by atoms with Gasteiger partial charge in [0, 0.05) is 28.1 Å². The van der Waals surface area contributed by atoms with Crippen LogP contribution in [0.4, 0.5) is 5.82 Å². The van der Waals surface area contributed by atoms with Crippen molar-refractivity contribution in [2.75, 3.05) is 17.3 Å². The molecule has 2 rings (SSSR count). The van der Waals surface area contributed by atoms with E-state index in [2.05, 4.69) is 41.0 Å². The average molecular weight is 252 g/mol. The summed E-state index contributed by atoms with van der Waals surface area (Å²) in [5, 5.41) is 6.89. The Labute approximate surface area is 104 Å². The van der Waals surface area contributed by atoms with Crippen LogP contribution < -0.4 is 5.32 Å². The van der Waals surface area contributed by atoms with Crippen molar-refractivity contribution in [3.05, 3.63) is 23.7 Å². The summed E-state index contributed by atoms with van der Waals surface area (Å²) < 4.78 is 1.30. The summed E-state index contributed by atoms with van der Waals surface area (Å²) in [5.74, 6) is 2.15. The largest absolute Gasteiger partial charge is 0.366 e. The van der Waals surface area contributed by atoms with Crippen molar-refractivity contribution < 1.29 is 0 Å². The van der Waals surface area contributed by atoms with Crippen LogP contribution in [0.15, 0.2) is 23.7 Å². The maximum Gasteiger partial charge on any atom is 0.134 e. The lowest BCUT2D eigenvalue weighted by molar-refractivity contribution is 0.771. The third kappa shape index (κ3) is 2.50. The molecular weight excluding hydrogens is 236 g/mol. The van der Waals surface area contributed by atoms with Gasteiger partial charge in [-0.05, 0) is 30.2 Å². The topological polar surface area (TPSA) is 24.9 Å². The molecule has 2 aromatic rings. The van der Waals surface area contributed by atoms with Crippen LogP contribution in [0.25, 0.3) is 10.1 Å². The standard InChI is InChI=1S/C12H16N2S2/c1-3-9(8-15-2)14-12-10-5-7-16-11(10)4-6-13-12/h4-7,9H,3,8H2,1-2H3,(H,13,14). The van der Waals surface area contributed by atoms with E-state index < -0.39 is 0 Å². The number of rotatable bonds is 5. The highest BCUT2D eigenvalue weighted by atomic mass is 32.2. The summed E-state index contributed by atoms with van der Waals surface area (Å²) in [6.45, 7) is 2.21. The molecule has 0 fully saturated rings. The Morgan fingerprint density at radius 1 is 1.50 bits per heavy atom. The minimum Gasteiger partial charge on any atom is -0.366 e. The highest BCUT2D eigenvalue weighted by Gasteiger charge is 2.08. The molecule has 0 saturated carbocycles. The van der Waals surface area contributed by atoms with E-state index in [0.29, 0.717) is 6.04 Å². The molecule has 0 aromatic carbocycles. The van der Waals surface area contributed by atoms with E-state index >= 15 is 0 Å². The van der Waals surface area contributed by atoms with Crippen LogP contribution in [0.3, 0.4) is 0 Å². The van der Waals surface area contributed by atoms with E-state index in [4.69, 9.17) is 0 Å². The van der Waals surface area contributed by atoms with Crippen LogP contribution in [-0.4, -0.2) is 23.0 Å². The van der Waals surface area contributed by atoms with E-state index in [9.17, 15) is 0 Å². The molecule has 1 unspecified atom stereocenters. The van der Waals surface area contributed by atoms with Gasteiger partial charge in [-0.25, -0.2) is 4.98 Å². The summed E-state index contributed by atoms with van der Waals surface area (Å²) in [4.78, 5) is 4.44. The van der Waals surface area contributed by atoms with Gasteiger partial charge in [0.05, 0.1) is 0 Å². The SMILES string of the molecule is CCC(CSC)Nc1nccc2sccc12. The molecule has 0 radical (unpaired) electrons. The van der Waals surface area contributed by atoms with Gasteiger partial charge in [-0.15, -0.1) is 11.3 Å². The molecule has 4 heteroatoms. The summed E-state index contributed by atoms with van der Waals surface area (Å²) in [6.07, 6.45) is 5.15. The quantitative estimate of drug-likeness (QED) is 0.875. The molecule has 0 aliphatic rings. The van der Waals surface area contributed by atoms with Gasteiger partial charge < -0.3 is 5.32 Å². The lowest BCUT2D eigenvalue weighted by Gasteiger charge is -2.16. The van der Waals surface area contributed by atoms with Gasteiger partial charge in [-0.1, -0.05) is 6.92 Å². The van der Waals surface area contributed by atoms with Crippen molar-refractivity contribution >= 4 is 39.0 Å². The van der Waals surface area contributed by atoms with Crippen LogP contribution in [0, 0.1) is 0 Å². The number of fused-ring (bicyclic) bond motifs is 1. The number of anilines is 1. The zero-order chi connectivity index (χ0) is 11.4. The zero-order valence-electron chi connectivity index (χ0n) is 9.56. The Kier molecular flexibility index (Phi) is 4.07. The fourth-order valence-corrected chi connectivity index (χ4v) is 3.17. The number of thioether (sulfide) groups is 1. The minimum atomic E-state index is 0.507. The van der Waals surface area contributed by atoms with E-state index in [-0.39, 0.29) is 0 Å². The van der Waals surface area contributed by atoms with Crippen LogP contribution in [-0.2, 0) is 0 Å². The number of nitrogens with one attached hydrogen (secondary N) is 1. The summed E-state index contributed by atoms with van der Waals surface area (Å²) in [5.41, 5.74) is 0. The van der Waals surface area contributed by atoms with Gasteiger partial charge >= 0.3 is 0 Å². The van der Waals surface area contributed by atoms with Gasteiger partial charge in [-0.3, -0.25) is 0 Å². The normalized spacial score (nSPS) is 12.9. The molecule has 16 heavy (non-hydrogen) atoms. The minimum absolute atomic E-state index is 0.507. The Balaban J connectivity index is 2.22. The molecular formula is C12H16N2S2. The maximum atomic E-state index is 4.44. The molecule has 1 atom stereocenters. The molecule has 2 nitrogen and oxygen atoms in total. The molecule has 0 saturated heterocycles. The number of nitrogens with zero attached hydrogens (tertiary/aromatic N) is 1. The number of hydrogen-bond donors (Lipinski definition) is 1. The summed E-state index contributed by atoms with van der Waals surface area (Å²) in [7, 11) is 0. The van der Waals surface area contributed by atoms with Crippen molar-refractivity contribution in [3.8, 4) is 0 Å². The first-order valence-corrected chi connectivity index (χ1v) is 7.70. The molecule has 0 aliphatic carbocycles. The first-order valence-electron chi connectivity index (χ1n) is 5.42. The predicted molar refractivity (Wildman–Crippen MR) is 75.7 cm³/mol. The zero-order valence-corrected chi connectivity index (χ0v) is 11.2. The number of thiophene rings is 1. The molecule has 0 bridgehead atoms. The van der Waals surface area contributed by atoms with Gasteiger partial charge in [0.25, 0.3) is 0 Å². The van der Waals surface area contributed by atoms with Crippen molar-refractivity contribution in [3.63, 3.8) is 0 Å². The lowest BCUT2D eigenvalue weighted by atomic mass is 10.2. The molecule has 1 N–H and O–H groups in total. The third-order valence-corrected chi connectivity index (χ3v) is 4.20. The van der Waals surface area contributed by atoms with Crippen LogP contribution in [0.5, 0.6) is 0 Å². The van der Waals surface area contributed by atoms with Crippen LogP contribution >= 0.6 is 23.1 Å². The van der Waals surface area contributed by atoms with E-state index in [1.54, 1.807) is 11.3 Å². The smallest absolute Gasteiger partial charge is 0.134 e. The Morgan fingerprint density at radius 2 is 2.38 bits per heavy atom. The second-order valence-corrected chi connectivity index (χ2v) is 5.56. The van der Waals surface area contributed by atoms with Crippen LogP contribution in [0.1, 0.15) is 13.3 Å². The highest BCUT2D eigenvalue weighted by molar-refractivity contribution is 7.98. The van der Waals surface area contributed by atoms with Crippen molar-refractivity contribution in [2.24, 2.45) is 0 Å². The monoisotopic (exact) mass is 252 g/mol. The highest BCUT2D eigenvalue weighted by Crippen LogP contribution is 2.26. The lowest BCUT2D eigenvalue weighted by Crippen LogP contribution is -2.21. The number of pyridine rings is 1. The fraction of sp³-hybridized carbons (Fsp3) is 0.417. The predicted octanol–water partition coefficient (Wildman–Crippen LogP) is 3.85. The second kappa shape index (κ2) is 5.55. The first kappa shape index (κ1) is 11.7. The van der Waals surface area contributed by atoms with Gasteiger partial charge in [0.2, 0.25) is 0 Å². The number of hydrogen-bond acceptors (Lipinski definition) is 4. The van der Waals surface area contributed by atoms with E-state index in [0.717, 1.165) is 18.0 Å². The molecule has 2 heterocycles. The molecule has 86 valence electrons. The Hall–Kier alpha value is -0.740. The fourth-order valence-electron chi connectivity index (χ4n) is 1.67. The van der Waals surface area contributed by atoms with Gasteiger partial charge in [0.15, 0.2) is 0 Å². The molecule has 0 spiro atoms. The Morgan fingerprint density at radius 3 is 3.12 bits per heavy atom. The van der Waals surface area contributed by atoms with Gasteiger partial charge in [-0.2, -0.15) is 11.8 Å². The van der Waals surface area contributed by atoms with E-state index in [1.165, 1.54) is 10.1 Å². The Bertz CT molecular complexity index is 453. The molecule has 2 aromatic heterocycles. The maximum absolute atomic E-state index is 4.44. The molecule has 0 amide bonds.